The Bertz CT molecular complexity index is 175. The van der Waals surface area contributed by atoms with Gasteiger partial charge in [-0.2, -0.15) is 0 Å². The molecule has 0 spiro atoms. The molecule has 1 unspecified atom stereocenters. The Morgan fingerprint density at radius 2 is 1.93 bits per heavy atom. The van der Waals surface area contributed by atoms with Gasteiger partial charge < -0.3 is 4.57 Å². The van der Waals surface area contributed by atoms with Crippen molar-refractivity contribution in [2.24, 2.45) is 0 Å². The molecule has 1 aliphatic heterocycles. The van der Waals surface area contributed by atoms with Gasteiger partial charge in [0.2, 0.25) is 0 Å². The van der Waals surface area contributed by atoms with Crippen LogP contribution >= 0.6 is 0 Å². The molecule has 1 aliphatic carbocycles. The zero-order valence-electron chi connectivity index (χ0n) is 9.71. The highest BCUT2D eigenvalue weighted by atomic mass is 28.2. The third kappa shape index (κ3) is 2.04. The van der Waals surface area contributed by atoms with Crippen LogP contribution in [0.5, 0.6) is 0 Å². The smallest absolute Gasteiger partial charge is 0.175 e. The molecule has 14 heavy (non-hydrogen) atoms. The Morgan fingerprint density at radius 3 is 2.50 bits per heavy atom. The molecule has 0 aromatic rings. The van der Waals surface area contributed by atoms with Gasteiger partial charge in [0.05, 0.1) is 6.17 Å². The first kappa shape index (κ1) is 10.6. The van der Waals surface area contributed by atoms with E-state index in [4.69, 9.17) is 0 Å². The Hall–Kier alpha value is 0.137. The lowest BCUT2D eigenvalue weighted by Crippen LogP contribution is -2.68. The molecular weight excluding hydrogens is 188 g/mol. The van der Waals surface area contributed by atoms with E-state index in [1.54, 1.807) is 0 Å². The van der Waals surface area contributed by atoms with Crippen LogP contribution in [0.15, 0.2) is 0 Å². The highest BCUT2D eigenvalue weighted by Crippen LogP contribution is 2.29. The summed E-state index contributed by atoms with van der Waals surface area (Å²) in [4.78, 5) is 0. The van der Waals surface area contributed by atoms with Gasteiger partial charge in [0, 0.05) is 6.04 Å². The number of nitrogens with zero attached hydrogens (tertiary/aromatic N) is 2. The summed E-state index contributed by atoms with van der Waals surface area (Å²) < 4.78 is 5.51. The minimum atomic E-state index is -0.00262. The molecule has 1 saturated carbocycles. The Kier molecular flexibility index (Phi) is 3.63. The molecule has 0 bridgehead atoms. The minimum Gasteiger partial charge on any atom is -0.305 e. The van der Waals surface area contributed by atoms with Crippen molar-refractivity contribution in [2.75, 3.05) is 7.05 Å². The van der Waals surface area contributed by atoms with Crippen LogP contribution in [0.25, 0.3) is 0 Å². The van der Waals surface area contributed by atoms with Crippen LogP contribution in [0, 0.1) is 0 Å². The second-order valence-corrected chi connectivity index (χ2v) is 6.98. The van der Waals surface area contributed by atoms with Crippen LogP contribution in [0.1, 0.15) is 51.9 Å². The van der Waals surface area contributed by atoms with E-state index >= 15 is 0 Å². The average Bonchev–Trinajstić information content (AvgIpc) is 2.24. The molecule has 0 N–H and O–H groups in total. The third-order valence-electron chi connectivity index (χ3n) is 3.87. The average molecular weight is 212 g/mol. The number of hydrogen-bond acceptors (Lipinski definition) is 2. The van der Waals surface area contributed by atoms with Gasteiger partial charge in [0.15, 0.2) is 9.84 Å². The van der Waals surface area contributed by atoms with Crippen molar-refractivity contribution in [3.05, 3.63) is 0 Å². The minimum absolute atomic E-state index is 0.00262. The van der Waals surface area contributed by atoms with Crippen LogP contribution in [0.4, 0.5) is 0 Å². The summed E-state index contributed by atoms with van der Waals surface area (Å²) in [6, 6.07) is 0.975. The summed E-state index contributed by atoms with van der Waals surface area (Å²) in [5, 5.41) is 0. The molecule has 1 atom stereocenters. The van der Waals surface area contributed by atoms with Crippen molar-refractivity contribution >= 4 is 9.84 Å². The van der Waals surface area contributed by atoms with Crippen LogP contribution < -0.4 is 0 Å². The van der Waals surface area contributed by atoms with E-state index in [1.165, 1.54) is 44.9 Å². The molecule has 3 heteroatoms. The van der Waals surface area contributed by atoms with E-state index in [2.05, 4.69) is 23.1 Å². The fraction of sp³-hybridized carbons (Fsp3) is 1.00. The van der Waals surface area contributed by atoms with Crippen molar-refractivity contribution in [2.45, 2.75) is 64.1 Å². The van der Waals surface area contributed by atoms with Crippen molar-refractivity contribution < 1.29 is 0 Å². The lowest BCUT2D eigenvalue weighted by atomic mass is 9.95. The van der Waals surface area contributed by atoms with E-state index in [9.17, 15) is 0 Å². The van der Waals surface area contributed by atoms with Gasteiger partial charge in [0.25, 0.3) is 0 Å². The van der Waals surface area contributed by atoms with Crippen LogP contribution in [-0.2, 0) is 0 Å². The molecule has 1 saturated heterocycles. The van der Waals surface area contributed by atoms with Gasteiger partial charge in [-0.1, -0.05) is 32.6 Å². The number of hydrogen-bond donors (Lipinski definition) is 0. The summed E-state index contributed by atoms with van der Waals surface area (Å²) in [7, 11) is 2.32. The lowest BCUT2D eigenvalue weighted by Gasteiger charge is -2.54. The highest BCUT2D eigenvalue weighted by molar-refractivity contribution is 6.32. The molecule has 2 aliphatic rings. The lowest BCUT2D eigenvalue weighted by molar-refractivity contribution is 0.0543. The van der Waals surface area contributed by atoms with Crippen molar-refractivity contribution in [3.8, 4) is 0 Å². The van der Waals surface area contributed by atoms with Gasteiger partial charge in [0.1, 0.15) is 0 Å². The second-order valence-electron chi connectivity index (χ2n) is 4.97. The molecule has 82 valence electrons. The Balaban J connectivity index is 1.84. The molecular formula is C11H24N2Si. The standard InChI is InChI=1S/C11H24N2Si/c1-3-7-11-12(2)14-13(11)10-8-5-4-6-9-10/h10-11H,3-9,14H2,1-2H3. The normalized spacial score (nSPS) is 33.4. The first-order chi connectivity index (χ1) is 6.83. The fourth-order valence-corrected chi connectivity index (χ4v) is 5.05. The quantitative estimate of drug-likeness (QED) is 0.657. The predicted molar refractivity (Wildman–Crippen MR) is 63.7 cm³/mol. The molecule has 0 aromatic carbocycles. The third-order valence-corrected chi connectivity index (χ3v) is 6.00. The molecule has 0 radical (unpaired) electrons. The van der Waals surface area contributed by atoms with Crippen LogP contribution in [0.3, 0.4) is 0 Å². The molecule has 2 nitrogen and oxygen atoms in total. The van der Waals surface area contributed by atoms with Crippen molar-refractivity contribution in [1.82, 2.24) is 9.13 Å². The zero-order chi connectivity index (χ0) is 9.97. The summed E-state index contributed by atoms with van der Waals surface area (Å²) in [6.45, 7) is 2.31. The van der Waals surface area contributed by atoms with E-state index < -0.39 is 0 Å². The first-order valence-electron chi connectivity index (χ1n) is 6.29. The fourth-order valence-electron chi connectivity index (χ4n) is 3.02. The van der Waals surface area contributed by atoms with E-state index in [-0.39, 0.29) is 9.84 Å². The summed E-state index contributed by atoms with van der Waals surface area (Å²) in [6.07, 6.45) is 11.0. The Labute approximate surface area is 90.6 Å². The monoisotopic (exact) mass is 212 g/mol. The van der Waals surface area contributed by atoms with Gasteiger partial charge in [-0.3, -0.25) is 4.57 Å². The maximum Gasteiger partial charge on any atom is 0.175 e. The van der Waals surface area contributed by atoms with Crippen LogP contribution in [0.2, 0.25) is 0 Å². The Morgan fingerprint density at radius 1 is 1.21 bits per heavy atom. The predicted octanol–water partition coefficient (Wildman–Crippen LogP) is 1.69. The largest absolute Gasteiger partial charge is 0.305 e. The maximum atomic E-state index is 2.88. The second kappa shape index (κ2) is 4.77. The van der Waals surface area contributed by atoms with Gasteiger partial charge in [-0.05, 0) is 26.3 Å². The zero-order valence-corrected chi connectivity index (χ0v) is 11.1. The molecule has 2 fully saturated rings. The van der Waals surface area contributed by atoms with Crippen molar-refractivity contribution in [3.63, 3.8) is 0 Å². The topological polar surface area (TPSA) is 6.48 Å². The van der Waals surface area contributed by atoms with Crippen LogP contribution in [-0.4, -0.2) is 38.2 Å². The first-order valence-corrected chi connectivity index (χ1v) is 7.55. The van der Waals surface area contributed by atoms with Crippen molar-refractivity contribution in [1.29, 1.82) is 0 Å². The molecule has 0 amide bonds. The van der Waals surface area contributed by atoms with Gasteiger partial charge in [-0.25, -0.2) is 0 Å². The summed E-state index contributed by atoms with van der Waals surface area (Å²) in [5.41, 5.74) is 0. The van der Waals surface area contributed by atoms with E-state index in [1.807, 2.05) is 0 Å². The molecule has 1 heterocycles. The van der Waals surface area contributed by atoms with Gasteiger partial charge >= 0.3 is 0 Å². The molecule has 0 aromatic heterocycles. The number of rotatable bonds is 3. The SMILES string of the molecule is CCCC1N(C)[SiH2]N1C1CCCCC1. The van der Waals surface area contributed by atoms with Gasteiger partial charge in [-0.15, -0.1) is 0 Å². The summed E-state index contributed by atoms with van der Waals surface area (Å²) >= 11 is 0. The molecule has 2 rings (SSSR count). The highest BCUT2D eigenvalue weighted by Gasteiger charge is 2.37. The maximum absolute atomic E-state index is 2.88. The van der Waals surface area contributed by atoms with E-state index in [0.29, 0.717) is 0 Å². The van der Waals surface area contributed by atoms with E-state index in [0.717, 1.165) is 12.2 Å². The summed E-state index contributed by atoms with van der Waals surface area (Å²) in [5.74, 6) is 0.